The molecule has 0 heterocycles. The van der Waals surface area contributed by atoms with Gasteiger partial charge in [-0.05, 0) is 31.0 Å². The van der Waals surface area contributed by atoms with Gasteiger partial charge in [-0.25, -0.2) is 0 Å². The van der Waals surface area contributed by atoms with Crippen LogP contribution in [0.2, 0.25) is 0 Å². The van der Waals surface area contributed by atoms with Gasteiger partial charge in [0.1, 0.15) is 0 Å². The number of anilines is 2. The normalized spacial score (nSPS) is 9.93. The van der Waals surface area contributed by atoms with E-state index in [0.29, 0.717) is 12.1 Å². The third-order valence-electron chi connectivity index (χ3n) is 2.35. The summed E-state index contributed by atoms with van der Waals surface area (Å²) in [6.45, 7) is 5.77. The first-order valence-electron chi connectivity index (χ1n) is 4.71. The van der Waals surface area contributed by atoms with E-state index in [0.717, 1.165) is 16.8 Å². The van der Waals surface area contributed by atoms with Gasteiger partial charge in [0.05, 0.1) is 11.4 Å². The van der Waals surface area contributed by atoms with E-state index in [1.807, 2.05) is 32.9 Å². The Labute approximate surface area is 84.3 Å². The van der Waals surface area contributed by atoms with Crippen molar-refractivity contribution < 1.29 is 4.79 Å². The number of benzene rings is 1. The molecule has 0 spiro atoms. The maximum Gasteiger partial charge on any atom is 0.224 e. The van der Waals surface area contributed by atoms with Gasteiger partial charge in [-0.1, -0.05) is 13.0 Å². The molecule has 1 aromatic carbocycles. The van der Waals surface area contributed by atoms with Crippen LogP contribution < -0.4 is 11.1 Å². The van der Waals surface area contributed by atoms with Crippen LogP contribution in [0.1, 0.15) is 24.5 Å². The Morgan fingerprint density at radius 3 is 2.64 bits per heavy atom. The lowest BCUT2D eigenvalue weighted by molar-refractivity contribution is -0.115. The van der Waals surface area contributed by atoms with E-state index in [4.69, 9.17) is 5.73 Å². The second-order valence-electron chi connectivity index (χ2n) is 3.37. The zero-order valence-electron chi connectivity index (χ0n) is 8.85. The maximum atomic E-state index is 11.2. The lowest BCUT2D eigenvalue weighted by atomic mass is 10.1. The number of carbonyl (C=O) groups is 1. The van der Waals surface area contributed by atoms with Crippen LogP contribution in [0.25, 0.3) is 0 Å². The monoisotopic (exact) mass is 192 g/mol. The van der Waals surface area contributed by atoms with Crippen LogP contribution in [0.4, 0.5) is 11.4 Å². The summed E-state index contributed by atoms with van der Waals surface area (Å²) < 4.78 is 0. The fraction of sp³-hybridized carbons (Fsp3) is 0.364. The molecule has 76 valence electrons. The summed E-state index contributed by atoms with van der Waals surface area (Å²) in [5.74, 6) is -0.00889. The van der Waals surface area contributed by atoms with Crippen molar-refractivity contribution in [3.63, 3.8) is 0 Å². The number of amides is 1. The largest absolute Gasteiger partial charge is 0.397 e. The van der Waals surface area contributed by atoms with Crippen LogP contribution in [0.15, 0.2) is 12.1 Å². The van der Waals surface area contributed by atoms with Crippen molar-refractivity contribution >= 4 is 17.3 Å². The number of rotatable bonds is 2. The highest BCUT2D eigenvalue weighted by atomic mass is 16.1. The van der Waals surface area contributed by atoms with Crippen molar-refractivity contribution in [1.29, 1.82) is 0 Å². The molecule has 0 unspecified atom stereocenters. The second kappa shape index (κ2) is 4.13. The number of hydrogen-bond donors (Lipinski definition) is 2. The quantitative estimate of drug-likeness (QED) is 0.706. The van der Waals surface area contributed by atoms with Crippen LogP contribution in [-0.4, -0.2) is 5.91 Å². The summed E-state index contributed by atoms with van der Waals surface area (Å²) in [6, 6.07) is 3.76. The Kier molecular flexibility index (Phi) is 3.12. The van der Waals surface area contributed by atoms with Crippen LogP contribution >= 0.6 is 0 Å². The van der Waals surface area contributed by atoms with E-state index in [-0.39, 0.29) is 5.91 Å². The standard InChI is InChI=1S/C11H16N2O/c1-4-10(14)13-11-8(3)7(2)5-6-9(11)12/h5-6H,4,12H2,1-3H3,(H,13,14). The molecule has 0 atom stereocenters. The van der Waals surface area contributed by atoms with E-state index >= 15 is 0 Å². The van der Waals surface area contributed by atoms with Crippen molar-refractivity contribution in [3.8, 4) is 0 Å². The molecule has 3 heteroatoms. The highest BCUT2D eigenvalue weighted by molar-refractivity contribution is 5.94. The summed E-state index contributed by atoms with van der Waals surface area (Å²) in [5.41, 5.74) is 9.31. The molecular weight excluding hydrogens is 176 g/mol. The highest BCUT2D eigenvalue weighted by Gasteiger charge is 2.07. The number of carbonyl (C=O) groups excluding carboxylic acids is 1. The summed E-state index contributed by atoms with van der Waals surface area (Å²) in [7, 11) is 0. The number of aryl methyl sites for hydroxylation is 1. The first-order valence-corrected chi connectivity index (χ1v) is 4.71. The van der Waals surface area contributed by atoms with Gasteiger partial charge in [0.2, 0.25) is 5.91 Å². The van der Waals surface area contributed by atoms with Gasteiger partial charge >= 0.3 is 0 Å². The molecule has 1 aromatic rings. The molecule has 0 aliphatic heterocycles. The van der Waals surface area contributed by atoms with Crippen molar-refractivity contribution in [2.24, 2.45) is 0 Å². The molecule has 0 radical (unpaired) electrons. The fourth-order valence-corrected chi connectivity index (χ4v) is 1.23. The van der Waals surface area contributed by atoms with E-state index in [1.165, 1.54) is 0 Å². The predicted octanol–water partition coefficient (Wildman–Crippen LogP) is 2.23. The van der Waals surface area contributed by atoms with Gasteiger partial charge in [-0.3, -0.25) is 4.79 Å². The summed E-state index contributed by atoms with van der Waals surface area (Å²) >= 11 is 0. The molecule has 14 heavy (non-hydrogen) atoms. The van der Waals surface area contributed by atoms with Gasteiger partial charge < -0.3 is 11.1 Å². The van der Waals surface area contributed by atoms with Crippen molar-refractivity contribution in [2.75, 3.05) is 11.1 Å². The third-order valence-corrected chi connectivity index (χ3v) is 2.35. The molecular formula is C11H16N2O. The molecule has 0 saturated heterocycles. The van der Waals surface area contributed by atoms with Crippen molar-refractivity contribution in [1.82, 2.24) is 0 Å². The first-order chi connectivity index (χ1) is 6.56. The first kappa shape index (κ1) is 10.6. The van der Waals surface area contributed by atoms with E-state index < -0.39 is 0 Å². The molecule has 0 saturated carbocycles. The molecule has 0 bridgehead atoms. The van der Waals surface area contributed by atoms with Crippen molar-refractivity contribution in [2.45, 2.75) is 27.2 Å². The summed E-state index contributed by atoms with van der Waals surface area (Å²) in [5, 5.41) is 2.81. The fourth-order valence-electron chi connectivity index (χ4n) is 1.23. The van der Waals surface area contributed by atoms with Crippen LogP contribution in [0.5, 0.6) is 0 Å². The average molecular weight is 192 g/mol. The van der Waals surface area contributed by atoms with Gasteiger partial charge in [0.15, 0.2) is 0 Å². The molecule has 3 nitrogen and oxygen atoms in total. The lowest BCUT2D eigenvalue weighted by Crippen LogP contribution is -2.12. The van der Waals surface area contributed by atoms with Crippen molar-refractivity contribution in [3.05, 3.63) is 23.3 Å². The van der Waals surface area contributed by atoms with E-state index in [1.54, 1.807) is 0 Å². The molecule has 0 aliphatic rings. The number of nitrogens with two attached hydrogens (primary N) is 1. The second-order valence-corrected chi connectivity index (χ2v) is 3.37. The Morgan fingerprint density at radius 1 is 1.43 bits per heavy atom. The molecule has 0 aliphatic carbocycles. The molecule has 0 fully saturated rings. The van der Waals surface area contributed by atoms with Gasteiger partial charge in [0, 0.05) is 6.42 Å². The average Bonchev–Trinajstić information content (AvgIpc) is 2.18. The van der Waals surface area contributed by atoms with Gasteiger partial charge in [-0.2, -0.15) is 0 Å². The SMILES string of the molecule is CCC(=O)Nc1c(N)ccc(C)c1C. The minimum Gasteiger partial charge on any atom is -0.397 e. The Balaban J connectivity index is 3.06. The Morgan fingerprint density at radius 2 is 2.07 bits per heavy atom. The minimum absolute atomic E-state index is 0.00889. The number of hydrogen-bond acceptors (Lipinski definition) is 2. The lowest BCUT2D eigenvalue weighted by Gasteiger charge is -2.12. The topological polar surface area (TPSA) is 55.1 Å². The van der Waals surface area contributed by atoms with E-state index in [9.17, 15) is 4.79 Å². The third kappa shape index (κ3) is 2.05. The Hall–Kier alpha value is -1.51. The summed E-state index contributed by atoms with van der Waals surface area (Å²) in [4.78, 5) is 11.2. The van der Waals surface area contributed by atoms with Crippen LogP contribution in [-0.2, 0) is 4.79 Å². The predicted molar refractivity (Wildman–Crippen MR) is 59.2 cm³/mol. The zero-order valence-corrected chi connectivity index (χ0v) is 8.85. The summed E-state index contributed by atoms with van der Waals surface area (Å²) in [6.07, 6.45) is 0.465. The number of nitrogen functional groups attached to an aromatic ring is 1. The smallest absolute Gasteiger partial charge is 0.224 e. The minimum atomic E-state index is -0.00889. The van der Waals surface area contributed by atoms with Gasteiger partial charge in [0.25, 0.3) is 0 Å². The Bertz CT molecular complexity index is 359. The van der Waals surface area contributed by atoms with E-state index in [2.05, 4.69) is 5.32 Å². The van der Waals surface area contributed by atoms with Crippen LogP contribution in [0.3, 0.4) is 0 Å². The molecule has 3 N–H and O–H groups in total. The van der Waals surface area contributed by atoms with Gasteiger partial charge in [-0.15, -0.1) is 0 Å². The highest BCUT2D eigenvalue weighted by Crippen LogP contribution is 2.25. The maximum absolute atomic E-state index is 11.2. The number of nitrogens with one attached hydrogen (secondary N) is 1. The molecule has 0 aromatic heterocycles. The molecule has 1 amide bonds. The van der Waals surface area contributed by atoms with Crippen LogP contribution in [0, 0.1) is 13.8 Å². The molecule has 1 rings (SSSR count). The zero-order chi connectivity index (χ0) is 10.7.